The number of aromatic nitrogens is 5. The van der Waals surface area contributed by atoms with Crippen molar-refractivity contribution < 1.29 is 4.79 Å². The summed E-state index contributed by atoms with van der Waals surface area (Å²) in [6.07, 6.45) is 8.15. The number of hydrogen-bond acceptors (Lipinski definition) is 6. The fourth-order valence-electron chi connectivity index (χ4n) is 3.09. The Morgan fingerprint density at radius 3 is 2.56 bits per heavy atom. The summed E-state index contributed by atoms with van der Waals surface area (Å²) < 4.78 is 3.42. The number of amides is 1. The van der Waals surface area contributed by atoms with Crippen molar-refractivity contribution in [3.05, 3.63) is 17.3 Å². The van der Waals surface area contributed by atoms with Crippen LogP contribution in [0, 0.1) is 26.2 Å². The number of terminal acetylenes is 1. The molecule has 0 aromatic carbocycles. The second-order valence-electron chi connectivity index (χ2n) is 6.68. The Labute approximate surface area is 158 Å². The van der Waals surface area contributed by atoms with Crippen LogP contribution in [0.25, 0.3) is 5.82 Å². The maximum absolute atomic E-state index is 12.6. The van der Waals surface area contributed by atoms with Crippen LogP contribution in [0.15, 0.2) is 10.2 Å². The zero-order valence-corrected chi connectivity index (χ0v) is 16.2. The summed E-state index contributed by atoms with van der Waals surface area (Å²) in [6.45, 7) is 5.70. The lowest BCUT2D eigenvalue weighted by Crippen LogP contribution is -2.19. The number of carbonyl (C=O) groups excluding carboxylic acids is 1. The summed E-state index contributed by atoms with van der Waals surface area (Å²) in [7, 11) is 1.83. The van der Waals surface area contributed by atoms with Gasteiger partial charge < -0.3 is 5.32 Å². The van der Waals surface area contributed by atoms with Crippen molar-refractivity contribution in [1.82, 2.24) is 24.5 Å². The lowest BCUT2D eigenvalue weighted by Gasteiger charge is -2.11. The minimum Gasteiger partial charge on any atom is -0.321 e. The van der Waals surface area contributed by atoms with Crippen LogP contribution in [0.1, 0.15) is 49.9 Å². The Morgan fingerprint density at radius 1 is 1.26 bits per heavy atom. The van der Waals surface area contributed by atoms with Gasteiger partial charge in [0.05, 0.1) is 5.69 Å². The van der Waals surface area contributed by atoms with E-state index in [0.717, 1.165) is 11.5 Å². The molecule has 0 atom stereocenters. The maximum atomic E-state index is 12.6. The number of hydrogen-bond donors (Lipinski definition) is 1. The van der Waals surface area contributed by atoms with E-state index >= 15 is 0 Å². The third-order valence-electron chi connectivity index (χ3n) is 4.57. The highest BCUT2D eigenvalue weighted by Crippen LogP contribution is 2.37. The molecule has 0 saturated heterocycles. The Hall–Kier alpha value is -3.02. The van der Waals surface area contributed by atoms with Gasteiger partial charge >= 0.3 is 0 Å². The van der Waals surface area contributed by atoms with Crippen LogP contribution in [0.2, 0.25) is 0 Å². The van der Waals surface area contributed by atoms with Gasteiger partial charge in [-0.05, 0) is 20.3 Å². The predicted octanol–water partition coefficient (Wildman–Crippen LogP) is 2.47. The monoisotopic (exact) mass is 368 g/mol. The van der Waals surface area contributed by atoms with E-state index in [-0.39, 0.29) is 5.91 Å². The molecule has 0 radical (unpaired) electrons. The fourth-order valence-corrected chi connectivity index (χ4v) is 3.09. The lowest BCUT2D eigenvalue weighted by molar-refractivity contribution is -0.116. The number of aryl methyl sites for hydroxylation is 4. The fraction of sp³-hybridized carbons (Fsp3) is 0.556. The van der Waals surface area contributed by atoms with Crippen molar-refractivity contribution in [1.29, 1.82) is 0 Å². The van der Waals surface area contributed by atoms with Gasteiger partial charge in [0.2, 0.25) is 5.91 Å². The van der Waals surface area contributed by atoms with Gasteiger partial charge in [-0.2, -0.15) is 20.0 Å². The normalized spacial score (nSPS) is 14.2. The molecule has 3 rings (SSSR count). The van der Waals surface area contributed by atoms with E-state index in [1.54, 1.807) is 9.36 Å². The molecule has 1 N–H and O–H groups in total. The molecule has 0 spiro atoms. The molecule has 1 aliphatic heterocycles. The van der Waals surface area contributed by atoms with Gasteiger partial charge in [-0.25, -0.2) is 9.67 Å². The van der Waals surface area contributed by atoms with Crippen LogP contribution in [0.4, 0.5) is 5.69 Å². The van der Waals surface area contributed by atoms with Crippen LogP contribution in [0.3, 0.4) is 0 Å². The molecule has 0 unspecified atom stereocenters. The highest BCUT2D eigenvalue weighted by atomic mass is 16.1. The van der Waals surface area contributed by atoms with Gasteiger partial charge in [0.1, 0.15) is 17.3 Å². The largest absolute Gasteiger partial charge is 0.321 e. The summed E-state index contributed by atoms with van der Waals surface area (Å²) in [4.78, 5) is 16.9. The molecule has 9 heteroatoms. The molecule has 2 aromatic rings. The average molecular weight is 368 g/mol. The summed E-state index contributed by atoms with van der Waals surface area (Å²) >= 11 is 0. The topological polar surface area (TPSA) is 102 Å². The molecule has 27 heavy (non-hydrogen) atoms. The SMILES string of the molecule is C#CCCC1(CCC(=O)Nc2c(CC)nn(C)c2-n2nc(C)nc2C)N=N1. The molecule has 1 aliphatic rings. The number of rotatable bonds is 8. The van der Waals surface area contributed by atoms with Gasteiger partial charge in [-0.3, -0.25) is 4.79 Å². The third-order valence-corrected chi connectivity index (χ3v) is 4.57. The minimum atomic E-state index is -0.464. The van der Waals surface area contributed by atoms with Crippen molar-refractivity contribution in [3.8, 4) is 18.2 Å². The van der Waals surface area contributed by atoms with Gasteiger partial charge in [0, 0.05) is 32.7 Å². The first kappa shape index (κ1) is 18.8. The number of nitrogens with zero attached hydrogens (tertiary/aromatic N) is 7. The van der Waals surface area contributed by atoms with Gasteiger partial charge in [-0.15, -0.1) is 17.4 Å². The van der Waals surface area contributed by atoms with Crippen molar-refractivity contribution >= 4 is 11.6 Å². The second-order valence-corrected chi connectivity index (χ2v) is 6.68. The van der Waals surface area contributed by atoms with E-state index in [9.17, 15) is 4.79 Å². The molecular formula is C18H24N8O. The van der Waals surface area contributed by atoms with E-state index in [0.29, 0.717) is 49.4 Å². The Morgan fingerprint density at radius 2 is 2.00 bits per heavy atom. The molecule has 1 amide bonds. The van der Waals surface area contributed by atoms with Crippen LogP contribution < -0.4 is 5.32 Å². The first-order chi connectivity index (χ1) is 12.9. The first-order valence-corrected chi connectivity index (χ1v) is 9.03. The molecule has 0 fully saturated rings. The lowest BCUT2D eigenvalue weighted by atomic mass is 10.0. The number of nitrogens with one attached hydrogen (secondary N) is 1. The van der Waals surface area contributed by atoms with Crippen LogP contribution in [-0.4, -0.2) is 36.1 Å². The van der Waals surface area contributed by atoms with Crippen LogP contribution in [0.5, 0.6) is 0 Å². The van der Waals surface area contributed by atoms with E-state index in [1.165, 1.54) is 0 Å². The Balaban J connectivity index is 1.77. The van der Waals surface area contributed by atoms with Crippen molar-refractivity contribution in [3.63, 3.8) is 0 Å². The van der Waals surface area contributed by atoms with Crippen molar-refractivity contribution in [2.24, 2.45) is 17.3 Å². The van der Waals surface area contributed by atoms with Crippen LogP contribution in [-0.2, 0) is 18.3 Å². The van der Waals surface area contributed by atoms with Gasteiger partial charge in [0.15, 0.2) is 11.5 Å². The minimum absolute atomic E-state index is 0.106. The Kier molecular flexibility index (Phi) is 5.08. The second kappa shape index (κ2) is 7.31. The standard InChI is InChI=1S/C18H24N8O/c1-6-8-10-18(23-24-18)11-9-15(27)20-16-14(7-2)22-25(5)17(16)26-13(4)19-12(3)21-26/h1H,7-11H2,2-5H3,(H,20,27). The zero-order valence-electron chi connectivity index (χ0n) is 16.2. The molecular weight excluding hydrogens is 344 g/mol. The average Bonchev–Trinajstić information content (AvgIpc) is 3.24. The van der Waals surface area contributed by atoms with Gasteiger partial charge in [0.25, 0.3) is 0 Å². The molecule has 2 aromatic heterocycles. The Bertz CT molecular complexity index is 924. The molecule has 3 heterocycles. The van der Waals surface area contributed by atoms with Gasteiger partial charge in [-0.1, -0.05) is 6.92 Å². The first-order valence-electron chi connectivity index (χ1n) is 9.03. The van der Waals surface area contributed by atoms with E-state index in [4.69, 9.17) is 6.42 Å². The summed E-state index contributed by atoms with van der Waals surface area (Å²) in [5.74, 6) is 4.58. The predicted molar refractivity (Wildman–Crippen MR) is 100 cm³/mol. The number of carbonyl (C=O) groups is 1. The molecule has 0 bridgehead atoms. The molecule has 9 nitrogen and oxygen atoms in total. The van der Waals surface area contributed by atoms with E-state index in [2.05, 4.69) is 36.6 Å². The molecule has 142 valence electrons. The number of anilines is 1. The summed E-state index contributed by atoms with van der Waals surface area (Å²) in [6, 6.07) is 0. The molecule has 0 aliphatic carbocycles. The van der Waals surface area contributed by atoms with E-state index in [1.807, 2.05) is 27.8 Å². The van der Waals surface area contributed by atoms with Crippen molar-refractivity contribution in [2.75, 3.05) is 5.32 Å². The smallest absolute Gasteiger partial charge is 0.224 e. The van der Waals surface area contributed by atoms with Crippen molar-refractivity contribution in [2.45, 2.75) is 58.5 Å². The highest BCUT2D eigenvalue weighted by Gasteiger charge is 2.39. The quantitative estimate of drug-likeness (QED) is 0.723. The van der Waals surface area contributed by atoms with E-state index < -0.39 is 5.66 Å². The summed E-state index contributed by atoms with van der Waals surface area (Å²) in [5.41, 5.74) is 1.01. The highest BCUT2D eigenvalue weighted by molar-refractivity contribution is 5.93. The molecule has 0 saturated carbocycles. The summed E-state index contributed by atoms with van der Waals surface area (Å²) in [5, 5.41) is 20.1. The maximum Gasteiger partial charge on any atom is 0.224 e. The zero-order chi connectivity index (χ0) is 19.6. The van der Waals surface area contributed by atoms with Crippen LogP contribution >= 0.6 is 0 Å². The third kappa shape index (κ3) is 3.89.